The van der Waals surface area contributed by atoms with Crippen molar-refractivity contribution in [3.63, 3.8) is 0 Å². The summed E-state index contributed by atoms with van der Waals surface area (Å²) in [5.74, 6) is -2.84. The second-order valence-corrected chi connectivity index (χ2v) is 8.62. The average Bonchev–Trinajstić information content (AvgIpc) is 3.05. The summed E-state index contributed by atoms with van der Waals surface area (Å²) >= 11 is 0. The van der Waals surface area contributed by atoms with Gasteiger partial charge in [-0.25, -0.2) is 14.8 Å². The van der Waals surface area contributed by atoms with Gasteiger partial charge in [-0.1, -0.05) is 6.07 Å². The Labute approximate surface area is 193 Å². The Balaban J connectivity index is 0.000000509. The molecule has 0 unspecified atom stereocenters. The number of alkyl halides is 3. The van der Waals surface area contributed by atoms with E-state index in [4.69, 9.17) is 20.4 Å². The van der Waals surface area contributed by atoms with Gasteiger partial charge >= 0.3 is 18.1 Å². The number of hydrogen-bond donors (Lipinski definition) is 4. The van der Waals surface area contributed by atoms with Crippen LogP contribution in [0.2, 0.25) is 0 Å². The van der Waals surface area contributed by atoms with Crippen LogP contribution in [0.4, 0.5) is 19.0 Å². The van der Waals surface area contributed by atoms with E-state index in [0.717, 1.165) is 16.5 Å². The smallest absolute Gasteiger partial charge is 0.475 e. The number of aliphatic carboxylic acids is 1. The minimum Gasteiger partial charge on any atom is -0.475 e. The van der Waals surface area contributed by atoms with Crippen molar-refractivity contribution in [3.8, 4) is 0 Å². The molecule has 2 aromatic rings. The molecule has 1 aromatic heterocycles. The molecule has 0 bridgehead atoms. The van der Waals surface area contributed by atoms with E-state index in [9.17, 15) is 22.8 Å². The first-order valence-corrected chi connectivity index (χ1v) is 10.2. The highest BCUT2D eigenvalue weighted by Crippen LogP contribution is 2.25. The van der Waals surface area contributed by atoms with Crippen molar-refractivity contribution in [2.75, 3.05) is 18.8 Å². The standard InChI is InChI=1S/C19H25N5O3.C2HF3O2/c1-18(2,3)27-15(25)10-24-19(6-7-21-17(19)26)9-12-4-5-13-14(8-12)22-11-23-16(13)20;3-2(4,5)1(6)7/h4-5,8,11,24H,6-7,9-10H2,1-3H3,(H,21,26)(H2,20,22,23);(H,6,7)/t19-;/m1./s1. The van der Waals surface area contributed by atoms with Gasteiger partial charge in [0.2, 0.25) is 5.91 Å². The van der Waals surface area contributed by atoms with E-state index in [1.54, 1.807) is 0 Å². The number of aromatic nitrogens is 2. The summed E-state index contributed by atoms with van der Waals surface area (Å²) in [5, 5.41) is 13.9. The number of carboxylic acid groups (broad SMARTS) is 1. The fraction of sp³-hybridized carbons (Fsp3) is 0.476. The number of esters is 1. The van der Waals surface area contributed by atoms with Crippen molar-refractivity contribution in [1.82, 2.24) is 20.6 Å². The molecule has 5 N–H and O–H groups in total. The Morgan fingerprint density at radius 1 is 1.26 bits per heavy atom. The van der Waals surface area contributed by atoms with Crippen LogP contribution in [0.15, 0.2) is 24.5 Å². The summed E-state index contributed by atoms with van der Waals surface area (Å²) in [7, 11) is 0. The van der Waals surface area contributed by atoms with Gasteiger partial charge in [-0.2, -0.15) is 13.2 Å². The Hall–Kier alpha value is -3.48. The number of carbonyl (C=O) groups is 3. The summed E-state index contributed by atoms with van der Waals surface area (Å²) in [5.41, 5.74) is 6.09. The first-order chi connectivity index (χ1) is 15.6. The van der Waals surface area contributed by atoms with E-state index >= 15 is 0 Å². The molecule has 1 aliphatic heterocycles. The quantitative estimate of drug-likeness (QED) is 0.462. The second-order valence-electron chi connectivity index (χ2n) is 8.62. The lowest BCUT2D eigenvalue weighted by Crippen LogP contribution is -2.54. The van der Waals surface area contributed by atoms with Crippen LogP contribution in [0.5, 0.6) is 0 Å². The van der Waals surface area contributed by atoms with Crippen molar-refractivity contribution in [2.45, 2.75) is 50.9 Å². The van der Waals surface area contributed by atoms with Gasteiger partial charge in [0.05, 0.1) is 12.1 Å². The molecule has 186 valence electrons. The first kappa shape index (κ1) is 26.8. The minimum atomic E-state index is -5.08. The van der Waals surface area contributed by atoms with Crippen molar-refractivity contribution in [2.24, 2.45) is 0 Å². The number of rotatable bonds is 5. The number of nitrogen functional groups attached to an aromatic ring is 1. The summed E-state index contributed by atoms with van der Waals surface area (Å²) < 4.78 is 37.1. The van der Waals surface area contributed by atoms with Crippen LogP contribution in [-0.2, 0) is 25.5 Å². The fourth-order valence-corrected chi connectivity index (χ4v) is 3.27. The molecule has 1 aromatic carbocycles. The number of nitrogens with two attached hydrogens (primary N) is 1. The van der Waals surface area contributed by atoms with Gasteiger partial charge in [0.25, 0.3) is 0 Å². The van der Waals surface area contributed by atoms with Gasteiger partial charge in [-0.05, 0) is 51.3 Å². The molecular weight excluding hydrogens is 459 g/mol. The normalized spacial score (nSPS) is 18.1. The first-order valence-electron chi connectivity index (χ1n) is 10.2. The second kappa shape index (κ2) is 10.2. The van der Waals surface area contributed by atoms with Crippen LogP contribution in [-0.4, -0.2) is 63.3 Å². The van der Waals surface area contributed by atoms with E-state index in [1.807, 2.05) is 39.0 Å². The summed E-state index contributed by atoms with van der Waals surface area (Å²) in [6, 6.07) is 5.66. The van der Waals surface area contributed by atoms with Crippen molar-refractivity contribution >= 4 is 34.6 Å². The fourth-order valence-electron chi connectivity index (χ4n) is 3.27. The molecule has 1 amide bonds. The van der Waals surface area contributed by atoms with Crippen LogP contribution in [0.1, 0.15) is 32.8 Å². The van der Waals surface area contributed by atoms with Gasteiger partial charge in [-0.3, -0.25) is 14.9 Å². The minimum absolute atomic E-state index is 0.0343. The molecule has 10 nitrogen and oxygen atoms in total. The summed E-state index contributed by atoms with van der Waals surface area (Å²) in [6.07, 6.45) is -2.65. The molecule has 1 atom stereocenters. The molecular formula is C21H26F3N5O5. The maximum absolute atomic E-state index is 12.5. The van der Waals surface area contributed by atoms with Crippen LogP contribution in [0, 0.1) is 0 Å². The summed E-state index contributed by atoms with van der Waals surface area (Å²) in [4.78, 5) is 41.8. The summed E-state index contributed by atoms with van der Waals surface area (Å²) in [6.45, 7) is 5.96. The van der Waals surface area contributed by atoms with Gasteiger partial charge < -0.3 is 20.9 Å². The molecule has 0 saturated carbocycles. The Morgan fingerprint density at radius 3 is 2.44 bits per heavy atom. The van der Waals surface area contributed by atoms with Crippen LogP contribution >= 0.6 is 0 Å². The third-order valence-corrected chi connectivity index (χ3v) is 4.74. The number of anilines is 1. The van der Waals surface area contributed by atoms with Gasteiger partial charge in [0, 0.05) is 11.9 Å². The number of nitrogens with zero attached hydrogens (tertiary/aromatic N) is 2. The van der Waals surface area contributed by atoms with Crippen LogP contribution < -0.4 is 16.4 Å². The topological polar surface area (TPSA) is 157 Å². The molecule has 1 aliphatic rings. The van der Waals surface area contributed by atoms with Gasteiger partial charge in [0.1, 0.15) is 23.3 Å². The molecule has 0 radical (unpaired) electrons. The average molecular weight is 485 g/mol. The molecule has 3 rings (SSSR count). The largest absolute Gasteiger partial charge is 0.490 e. The molecule has 34 heavy (non-hydrogen) atoms. The molecule has 2 heterocycles. The van der Waals surface area contributed by atoms with Crippen molar-refractivity contribution < 1.29 is 37.4 Å². The highest BCUT2D eigenvalue weighted by Gasteiger charge is 2.42. The van der Waals surface area contributed by atoms with E-state index in [-0.39, 0.29) is 18.4 Å². The molecule has 1 fully saturated rings. The maximum Gasteiger partial charge on any atom is 0.490 e. The number of fused-ring (bicyclic) bond motifs is 1. The molecule has 13 heteroatoms. The van der Waals surface area contributed by atoms with E-state index in [1.165, 1.54) is 6.33 Å². The van der Waals surface area contributed by atoms with Crippen LogP contribution in [0.25, 0.3) is 10.9 Å². The van der Waals surface area contributed by atoms with E-state index < -0.39 is 23.3 Å². The number of amides is 1. The third kappa shape index (κ3) is 7.27. The number of carboxylic acids is 1. The number of carbonyl (C=O) groups excluding carboxylic acids is 2. The number of ether oxygens (including phenoxy) is 1. The molecule has 1 saturated heterocycles. The number of nitrogens with one attached hydrogen (secondary N) is 2. The van der Waals surface area contributed by atoms with Crippen molar-refractivity contribution in [3.05, 3.63) is 30.1 Å². The Kier molecular flexibility index (Phi) is 8.03. The number of halogens is 3. The lowest BCUT2D eigenvalue weighted by Gasteiger charge is -2.28. The predicted octanol–water partition coefficient (Wildman–Crippen LogP) is 1.58. The lowest BCUT2D eigenvalue weighted by atomic mass is 9.88. The number of hydrogen-bond acceptors (Lipinski definition) is 8. The Morgan fingerprint density at radius 2 is 1.91 bits per heavy atom. The zero-order valence-corrected chi connectivity index (χ0v) is 18.8. The zero-order chi connectivity index (χ0) is 25.7. The molecule has 0 spiro atoms. The highest BCUT2D eigenvalue weighted by atomic mass is 19.4. The lowest BCUT2D eigenvalue weighted by molar-refractivity contribution is -0.192. The Bertz CT molecular complexity index is 1070. The van der Waals surface area contributed by atoms with Gasteiger partial charge in [-0.15, -0.1) is 0 Å². The highest BCUT2D eigenvalue weighted by molar-refractivity contribution is 5.91. The van der Waals surface area contributed by atoms with Crippen molar-refractivity contribution in [1.29, 1.82) is 0 Å². The van der Waals surface area contributed by atoms with Crippen LogP contribution in [0.3, 0.4) is 0 Å². The van der Waals surface area contributed by atoms with E-state index in [0.29, 0.717) is 25.2 Å². The van der Waals surface area contributed by atoms with E-state index in [2.05, 4.69) is 20.6 Å². The maximum atomic E-state index is 12.5. The number of benzene rings is 1. The predicted molar refractivity (Wildman–Crippen MR) is 116 cm³/mol. The SMILES string of the molecule is CC(C)(C)OC(=O)CN[C@@]1(Cc2ccc3c(N)ncnc3c2)CCNC1=O.O=C(O)C(F)(F)F. The molecule has 0 aliphatic carbocycles. The van der Waals surface area contributed by atoms with Gasteiger partial charge in [0.15, 0.2) is 0 Å². The zero-order valence-electron chi connectivity index (χ0n) is 18.8. The monoisotopic (exact) mass is 485 g/mol. The third-order valence-electron chi connectivity index (χ3n) is 4.74.